The second kappa shape index (κ2) is 6.65. The van der Waals surface area contributed by atoms with Gasteiger partial charge in [0.2, 0.25) is 5.95 Å². The molecule has 1 aromatic carbocycles. The van der Waals surface area contributed by atoms with Crippen molar-refractivity contribution in [3.05, 3.63) is 57.5 Å². The number of nitrogens with zero attached hydrogens (tertiary/aromatic N) is 2. The topological polar surface area (TPSA) is 70.1 Å². The number of aryl methyl sites for hydroxylation is 2. The van der Waals surface area contributed by atoms with Gasteiger partial charge in [0.15, 0.2) is 0 Å². The predicted octanol–water partition coefficient (Wildman–Crippen LogP) is 2.48. The van der Waals surface area contributed by atoms with Crippen LogP contribution in [0.3, 0.4) is 0 Å². The molecule has 5 heteroatoms. The van der Waals surface area contributed by atoms with Gasteiger partial charge in [0, 0.05) is 11.8 Å². The fourth-order valence-corrected chi connectivity index (χ4v) is 1.77. The van der Waals surface area contributed by atoms with Crippen LogP contribution in [0.25, 0.3) is 0 Å². The maximum absolute atomic E-state index is 11.5. The van der Waals surface area contributed by atoms with Gasteiger partial charge in [-0.05, 0) is 18.9 Å². The molecule has 0 saturated heterocycles. The number of rotatable bonds is 5. The van der Waals surface area contributed by atoms with Crippen molar-refractivity contribution >= 4 is 12.2 Å². The van der Waals surface area contributed by atoms with Crippen molar-refractivity contribution in [2.45, 2.75) is 26.7 Å². The third-order valence-corrected chi connectivity index (χ3v) is 2.76. The van der Waals surface area contributed by atoms with Crippen molar-refractivity contribution in [1.82, 2.24) is 9.97 Å². The molecule has 104 valence electrons. The van der Waals surface area contributed by atoms with Crippen LogP contribution in [-0.2, 0) is 6.42 Å². The van der Waals surface area contributed by atoms with Crippen LogP contribution in [0.5, 0.6) is 0 Å². The highest BCUT2D eigenvalue weighted by Gasteiger charge is 1.99. The fraction of sp³-hybridized carbons (Fsp3) is 0.267. The molecular weight excluding hydrogens is 252 g/mol. The van der Waals surface area contributed by atoms with Gasteiger partial charge >= 0.3 is 0 Å². The summed E-state index contributed by atoms with van der Waals surface area (Å²) in [5, 5.41) is 4.08. The number of hydrogen-bond acceptors (Lipinski definition) is 4. The summed E-state index contributed by atoms with van der Waals surface area (Å²) in [5.74, 6) is 0.365. The SMILES string of the molecule is CCCc1cc(=O)[nH]c(N/N=C/c2ccc(C)cc2)n1. The zero-order valence-electron chi connectivity index (χ0n) is 11.7. The summed E-state index contributed by atoms with van der Waals surface area (Å²) in [7, 11) is 0. The largest absolute Gasteiger partial charge is 0.291 e. The first-order chi connectivity index (χ1) is 9.67. The molecule has 2 N–H and O–H groups in total. The minimum Gasteiger partial charge on any atom is -0.291 e. The molecule has 0 aliphatic heterocycles. The molecule has 1 heterocycles. The van der Waals surface area contributed by atoms with E-state index in [-0.39, 0.29) is 5.56 Å². The Morgan fingerprint density at radius 3 is 2.80 bits per heavy atom. The molecule has 0 unspecified atom stereocenters. The van der Waals surface area contributed by atoms with E-state index in [1.54, 1.807) is 6.21 Å². The standard InChI is InChI=1S/C15H18N4O/c1-3-4-13-9-14(20)18-15(17-13)19-16-10-12-7-5-11(2)6-8-12/h5-10H,3-4H2,1-2H3,(H2,17,18,19,20)/b16-10+. The van der Waals surface area contributed by atoms with Gasteiger partial charge in [-0.2, -0.15) is 5.10 Å². The highest BCUT2D eigenvalue weighted by molar-refractivity contribution is 5.79. The second-order valence-electron chi connectivity index (χ2n) is 4.62. The zero-order valence-corrected chi connectivity index (χ0v) is 11.7. The summed E-state index contributed by atoms with van der Waals surface area (Å²) in [6, 6.07) is 9.50. The zero-order chi connectivity index (χ0) is 14.4. The maximum atomic E-state index is 11.5. The van der Waals surface area contributed by atoms with Gasteiger partial charge in [-0.1, -0.05) is 43.2 Å². The average molecular weight is 270 g/mol. The number of H-pyrrole nitrogens is 1. The van der Waals surface area contributed by atoms with Gasteiger partial charge in [0.25, 0.3) is 5.56 Å². The molecule has 0 bridgehead atoms. The average Bonchev–Trinajstić information content (AvgIpc) is 2.41. The smallest absolute Gasteiger partial charge is 0.252 e. The summed E-state index contributed by atoms with van der Waals surface area (Å²) >= 11 is 0. The van der Waals surface area contributed by atoms with Crippen LogP contribution in [-0.4, -0.2) is 16.2 Å². The van der Waals surface area contributed by atoms with Crippen LogP contribution in [0.4, 0.5) is 5.95 Å². The van der Waals surface area contributed by atoms with Crippen molar-refractivity contribution < 1.29 is 0 Å². The molecule has 0 aliphatic carbocycles. The van der Waals surface area contributed by atoms with Gasteiger partial charge in [-0.25, -0.2) is 10.4 Å². The van der Waals surface area contributed by atoms with Gasteiger partial charge in [0.05, 0.1) is 6.21 Å². The van der Waals surface area contributed by atoms with Crippen molar-refractivity contribution in [2.75, 3.05) is 5.43 Å². The number of aromatic amines is 1. The van der Waals surface area contributed by atoms with Crippen molar-refractivity contribution in [2.24, 2.45) is 5.10 Å². The van der Waals surface area contributed by atoms with E-state index in [1.165, 1.54) is 11.6 Å². The number of aromatic nitrogens is 2. The maximum Gasteiger partial charge on any atom is 0.252 e. The van der Waals surface area contributed by atoms with E-state index >= 15 is 0 Å². The van der Waals surface area contributed by atoms with Gasteiger partial charge in [0.1, 0.15) is 0 Å². The number of hydrogen-bond donors (Lipinski definition) is 2. The highest BCUT2D eigenvalue weighted by Crippen LogP contribution is 2.02. The molecular formula is C15H18N4O. The Morgan fingerprint density at radius 1 is 1.35 bits per heavy atom. The normalized spacial score (nSPS) is 10.9. The van der Waals surface area contributed by atoms with Crippen LogP contribution in [0.2, 0.25) is 0 Å². The van der Waals surface area contributed by atoms with E-state index in [0.717, 1.165) is 24.1 Å². The van der Waals surface area contributed by atoms with Crippen molar-refractivity contribution in [3.8, 4) is 0 Å². The van der Waals surface area contributed by atoms with E-state index in [1.807, 2.05) is 38.1 Å². The molecule has 0 saturated carbocycles. The van der Waals surface area contributed by atoms with Crippen molar-refractivity contribution in [1.29, 1.82) is 0 Å². The first-order valence-electron chi connectivity index (χ1n) is 6.63. The van der Waals surface area contributed by atoms with Crippen LogP contribution < -0.4 is 11.0 Å². The van der Waals surface area contributed by atoms with Crippen LogP contribution in [0.15, 0.2) is 40.2 Å². The quantitative estimate of drug-likeness (QED) is 0.647. The van der Waals surface area contributed by atoms with E-state index in [0.29, 0.717) is 5.95 Å². The Morgan fingerprint density at radius 2 is 2.10 bits per heavy atom. The lowest BCUT2D eigenvalue weighted by Gasteiger charge is -2.02. The molecule has 2 aromatic rings. The van der Waals surface area contributed by atoms with Gasteiger partial charge < -0.3 is 0 Å². The second-order valence-corrected chi connectivity index (χ2v) is 4.62. The highest BCUT2D eigenvalue weighted by atomic mass is 16.1. The lowest BCUT2D eigenvalue weighted by molar-refractivity contribution is 0.867. The molecule has 0 spiro atoms. The minimum atomic E-state index is -0.170. The summed E-state index contributed by atoms with van der Waals surface area (Å²) < 4.78 is 0. The Kier molecular flexibility index (Phi) is 4.65. The Bertz CT molecular complexity index is 644. The predicted molar refractivity (Wildman–Crippen MR) is 81.2 cm³/mol. The van der Waals surface area contributed by atoms with Gasteiger partial charge in [-0.15, -0.1) is 0 Å². The molecule has 5 nitrogen and oxygen atoms in total. The van der Waals surface area contributed by atoms with E-state index in [4.69, 9.17) is 0 Å². The summed E-state index contributed by atoms with van der Waals surface area (Å²) in [5.41, 5.74) is 5.53. The lowest BCUT2D eigenvalue weighted by Crippen LogP contribution is -2.11. The number of benzene rings is 1. The first-order valence-corrected chi connectivity index (χ1v) is 6.63. The number of hydrazone groups is 1. The monoisotopic (exact) mass is 270 g/mol. The summed E-state index contributed by atoms with van der Waals surface area (Å²) in [4.78, 5) is 18.4. The molecule has 0 radical (unpaired) electrons. The van der Waals surface area contributed by atoms with Crippen LogP contribution in [0, 0.1) is 6.92 Å². The Balaban J connectivity index is 2.06. The third kappa shape index (κ3) is 4.05. The molecule has 0 atom stereocenters. The van der Waals surface area contributed by atoms with Crippen LogP contribution in [0.1, 0.15) is 30.2 Å². The molecule has 0 amide bonds. The van der Waals surface area contributed by atoms with E-state index in [2.05, 4.69) is 20.5 Å². The Labute approximate surface area is 117 Å². The minimum absolute atomic E-state index is 0.170. The van der Waals surface area contributed by atoms with Gasteiger partial charge in [-0.3, -0.25) is 9.78 Å². The molecule has 2 rings (SSSR count). The fourth-order valence-electron chi connectivity index (χ4n) is 1.77. The molecule has 1 aromatic heterocycles. The lowest BCUT2D eigenvalue weighted by atomic mass is 10.2. The Hall–Kier alpha value is -2.43. The molecule has 20 heavy (non-hydrogen) atoms. The summed E-state index contributed by atoms with van der Waals surface area (Å²) in [6.07, 6.45) is 3.41. The molecule has 0 aliphatic rings. The van der Waals surface area contributed by atoms with Crippen molar-refractivity contribution in [3.63, 3.8) is 0 Å². The number of nitrogens with one attached hydrogen (secondary N) is 2. The first kappa shape index (κ1) is 14.0. The third-order valence-electron chi connectivity index (χ3n) is 2.76. The number of anilines is 1. The molecule has 0 fully saturated rings. The van der Waals surface area contributed by atoms with Crippen LogP contribution >= 0.6 is 0 Å². The summed E-state index contributed by atoms with van der Waals surface area (Å²) in [6.45, 7) is 4.08. The van der Waals surface area contributed by atoms with E-state index < -0.39 is 0 Å². The van der Waals surface area contributed by atoms with E-state index in [9.17, 15) is 4.79 Å².